The van der Waals surface area contributed by atoms with Gasteiger partial charge in [0, 0.05) is 10.0 Å². The van der Waals surface area contributed by atoms with Crippen LogP contribution in [0.2, 0.25) is 10.0 Å². The summed E-state index contributed by atoms with van der Waals surface area (Å²) < 4.78 is 9.96. The molecule has 23 heavy (non-hydrogen) atoms. The number of esters is 1. The Labute approximate surface area is 143 Å². The Morgan fingerprint density at radius 3 is 2.57 bits per heavy atom. The van der Waals surface area contributed by atoms with Crippen LogP contribution < -0.4 is 5.32 Å². The standard InChI is InChI=1S/C16H15Cl2NO4/c1-9(12-6-5-11(17)8-13(12)18)19-15(20)10(2)23-16(21)14-4-3-7-22-14/h3-10H,1-2H3,(H,19,20)/t9-,10+/m0/s1. The fourth-order valence-corrected chi connectivity index (χ4v) is 2.50. The van der Waals surface area contributed by atoms with Crippen LogP contribution in [0.25, 0.3) is 0 Å². The summed E-state index contributed by atoms with van der Waals surface area (Å²) in [5.41, 5.74) is 0.717. The van der Waals surface area contributed by atoms with Crippen LogP contribution in [0.1, 0.15) is 36.0 Å². The number of halogens is 2. The fraction of sp³-hybridized carbons (Fsp3) is 0.250. The molecule has 0 aliphatic heterocycles. The van der Waals surface area contributed by atoms with Crippen molar-refractivity contribution in [1.82, 2.24) is 5.32 Å². The second-order valence-electron chi connectivity index (χ2n) is 4.92. The van der Waals surface area contributed by atoms with Gasteiger partial charge in [-0.05, 0) is 43.7 Å². The molecular formula is C16H15Cl2NO4. The van der Waals surface area contributed by atoms with Crippen molar-refractivity contribution in [3.8, 4) is 0 Å². The number of benzene rings is 1. The van der Waals surface area contributed by atoms with Gasteiger partial charge in [-0.15, -0.1) is 0 Å². The number of carbonyl (C=O) groups is 2. The molecule has 122 valence electrons. The lowest BCUT2D eigenvalue weighted by Gasteiger charge is -2.19. The van der Waals surface area contributed by atoms with Gasteiger partial charge in [0.1, 0.15) is 0 Å². The average molecular weight is 356 g/mol. The van der Waals surface area contributed by atoms with Crippen molar-refractivity contribution in [3.05, 3.63) is 58.0 Å². The third kappa shape index (κ3) is 4.50. The topological polar surface area (TPSA) is 68.5 Å². The number of nitrogens with one attached hydrogen (secondary N) is 1. The van der Waals surface area contributed by atoms with E-state index in [1.165, 1.54) is 19.3 Å². The van der Waals surface area contributed by atoms with Gasteiger partial charge in [-0.25, -0.2) is 4.79 Å². The van der Waals surface area contributed by atoms with Crippen molar-refractivity contribution >= 4 is 35.1 Å². The number of ether oxygens (including phenoxy) is 1. The normalized spacial score (nSPS) is 13.2. The van der Waals surface area contributed by atoms with E-state index in [0.717, 1.165) is 0 Å². The van der Waals surface area contributed by atoms with E-state index in [2.05, 4.69) is 5.32 Å². The Bertz CT molecular complexity index is 700. The van der Waals surface area contributed by atoms with Gasteiger partial charge < -0.3 is 14.5 Å². The molecule has 1 aromatic carbocycles. The lowest BCUT2D eigenvalue weighted by atomic mass is 10.1. The van der Waals surface area contributed by atoms with Crippen LogP contribution in [-0.2, 0) is 9.53 Å². The molecule has 0 unspecified atom stereocenters. The molecule has 0 spiro atoms. The van der Waals surface area contributed by atoms with Gasteiger partial charge in [-0.2, -0.15) is 0 Å². The zero-order chi connectivity index (χ0) is 17.0. The van der Waals surface area contributed by atoms with E-state index in [1.54, 1.807) is 31.2 Å². The Morgan fingerprint density at radius 1 is 1.22 bits per heavy atom. The zero-order valence-electron chi connectivity index (χ0n) is 12.5. The van der Waals surface area contributed by atoms with Crippen LogP contribution >= 0.6 is 23.2 Å². The van der Waals surface area contributed by atoms with E-state index in [9.17, 15) is 9.59 Å². The summed E-state index contributed by atoms with van der Waals surface area (Å²) in [6.45, 7) is 3.25. The molecule has 0 saturated heterocycles. The molecular weight excluding hydrogens is 341 g/mol. The smallest absolute Gasteiger partial charge is 0.374 e. The van der Waals surface area contributed by atoms with Gasteiger partial charge in [-0.1, -0.05) is 29.3 Å². The summed E-state index contributed by atoms with van der Waals surface area (Å²) in [5.74, 6) is -1.10. The molecule has 1 aromatic heterocycles. The summed E-state index contributed by atoms with van der Waals surface area (Å²) in [6, 6.07) is 7.68. The monoisotopic (exact) mass is 355 g/mol. The van der Waals surface area contributed by atoms with Crippen molar-refractivity contribution in [2.75, 3.05) is 0 Å². The Balaban J connectivity index is 1.96. The molecule has 2 rings (SSSR count). The number of hydrogen-bond acceptors (Lipinski definition) is 4. The van der Waals surface area contributed by atoms with Gasteiger partial charge in [0.15, 0.2) is 6.10 Å². The molecule has 2 aromatic rings. The molecule has 0 saturated carbocycles. The molecule has 0 fully saturated rings. The van der Waals surface area contributed by atoms with Gasteiger partial charge >= 0.3 is 5.97 Å². The lowest BCUT2D eigenvalue weighted by Crippen LogP contribution is -2.37. The first kappa shape index (κ1) is 17.4. The zero-order valence-corrected chi connectivity index (χ0v) is 14.0. The maximum atomic E-state index is 12.1. The van der Waals surface area contributed by atoms with E-state index < -0.39 is 18.0 Å². The molecule has 5 nitrogen and oxygen atoms in total. The van der Waals surface area contributed by atoms with Crippen molar-refractivity contribution < 1.29 is 18.7 Å². The summed E-state index contributed by atoms with van der Waals surface area (Å²) >= 11 is 12.0. The Morgan fingerprint density at radius 2 is 1.96 bits per heavy atom. The highest BCUT2D eigenvalue weighted by atomic mass is 35.5. The first-order chi connectivity index (χ1) is 10.9. The first-order valence-corrected chi connectivity index (χ1v) is 7.64. The Hall–Kier alpha value is -1.98. The summed E-state index contributed by atoms with van der Waals surface area (Å²) in [5, 5.41) is 3.69. The van der Waals surface area contributed by atoms with E-state index in [4.69, 9.17) is 32.4 Å². The Kier molecular flexibility index (Phi) is 5.69. The number of rotatable bonds is 5. The van der Waals surface area contributed by atoms with E-state index in [1.807, 2.05) is 0 Å². The summed E-state index contributed by atoms with van der Waals surface area (Å²) in [4.78, 5) is 23.9. The van der Waals surface area contributed by atoms with Crippen LogP contribution in [0.15, 0.2) is 41.0 Å². The molecule has 0 aliphatic rings. The molecule has 7 heteroatoms. The van der Waals surface area contributed by atoms with E-state index in [-0.39, 0.29) is 11.8 Å². The minimum Gasteiger partial charge on any atom is -0.457 e. The highest BCUT2D eigenvalue weighted by molar-refractivity contribution is 6.35. The van der Waals surface area contributed by atoms with E-state index >= 15 is 0 Å². The van der Waals surface area contributed by atoms with Gasteiger partial charge in [0.2, 0.25) is 5.76 Å². The molecule has 1 N–H and O–H groups in total. The predicted molar refractivity (Wildman–Crippen MR) is 86.6 cm³/mol. The van der Waals surface area contributed by atoms with Crippen molar-refractivity contribution in [2.45, 2.75) is 26.0 Å². The first-order valence-electron chi connectivity index (χ1n) is 6.88. The van der Waals surface area contributed by atoms with Gasteiger partial charge in [0.05, 0.1) is 12.3 Å². The van der Waals surface area contributed by atoms with Crippen molar-refractivity contribution in [2.24, 2.45) is 0 Å². The minimum atomic E-state index is -0.971. The highest BCUT2D eigenvalue weighted by Crippen LogP contribution is 2.26. The molecule has 2 atom stereocenters. The maximum Gasteiger partial charge on any atom is 0.374 e. The summed E-state index contributed by atoms with van der Waals surface area (Å²) in [7, 11) is 0. The molecule has 1 heterocycles. The van der Waals surface area contributed by atoms with Crippen LogP contribution in [0.5, 0.6) is 0 Å². The SMILES string of the molecule is C[C@H](NC(=O)[C@@H](C)OC(=O)c1ccco1)c1ccc(Cl)cc1Cl. The van der Waals surface area contributed by atoms with Gasteiger partial charge in [-0.3, -0.25) is 4.79 Å². The lowest BCUT2D eigenvalue weighted by molar-refractivity contribution is -0.129. The number of hydrogen-bond donors (Lipinski definition) is 1. The van der Waals surface area contributed by atoms with Crippen LogP contribution in [0.4, 0.5) is 0 Å². The van der Waals surface area contributed by atoms with Crippen LogP contribution in [0, 0.1) is 0 Å². The second kappa shape index (κ2) is 7.53. The molecule has 1 amide bonds. The fourth-order valence-electron chi connectivity index (χ4n) is 1.93. The highest BCUT2D eigenvalue weighted by Gasteiger charge is 2.22. The van der Waals surface area contributed by atoms with Crippen molar-refractivity contribution in [1.29, 1.82) is 0 Å². The molecule has 0 bridgehead atoms. The van der Waals surface area contributed by atoms with E-state index in [0.29, 0.717) is 15.6 Å². The molecule has 0 radical (unpaired) electrons. The average Bonchev–Trinajstić information content (AvgIpc) is 3.01. The van der Waals surface area contributed by atoms with Gasteiger partial charge in [0.25, 0.3) is 5.91 Å². The van der Waals surface area contributed by atoms with Crippen LogP contribution in [0.3, 0.4) is 0 Å². The third-order valence-electron chi connectivity index (χ3n) is 3.16. The third-order valence-corrected chi connectivity index (χ3v) is 3.73. The maximum absolute atomic E-state index is 12.1. The number of amides is 1. The summed E-state index contributed by atoms with van der Waals surface area (Å²) in [6.07, 6.45) is 0.382. The largest absolute Gasteiger partial charge is 0.457 e. The quantitative estimate of drug-likeness (QED) is 0.822. The predicted octanol–water partition coefficient (Wildman–Crippen LogP) is 4.01. The number of carbonyl (C=O) groups excluding carboxylic acids is 2. The van der Waals surface area contributed by atoms with Crippen LogP contribution in [-0.4, -0.2) is 18.0 Å². The molecule has 0 aliphatic carbocycles. The minimum absolute atomic E-state index is 0.0402. The number of furan rings is 1. The second-order valence-corrected chi connectivity index (χ2v) is 5.76. The van der Waals surface area contributed by atoms with Crippen molar-refractivity contribution in [3.63, 3.8) is 0 Å².